The number of rotatable bonds is 7. The van der Waals surface area contributed by atoms with E-state index < -0.39 is 0 Å². The van der Waals surface area contributed by atoms with Crippen molar-refractivity contribution < 1.29 is 4.79 Å². The summed E-state index contributed by atoms with van der Waals surface area (Å²) in [4.78, 5) is 20.0. The average Bonchev–Trinajstić information content (AvgIpc) is 3.44. The van der Waals surface area contributed by atoms with Gasteiger partial charge in [-0.05, 0) is 41.9 Å². The van der Waals surface area contributed by atoms with Gasteiger partial charge in [0.2, 0.25) is 5.91 Å². The Kier molecular flexibility index (Phi) is 6.64. The fourth-order valence-corrected chi connectivity index (χ4v) is 5.72. The predicted molar refractivity (Wildman–Crippen MR) is 123 cm³/mol. The maximum Gasteiger partial charge on any atom is 0.225 e. The molecule has 4 nitrogen and oxygen atoms in total. The number of piperazine rings is 1. The number of nitrogens with zero attached hydrogens (tertiary/aromatic N) is 2. The van der Waals surface area contributed by atoms with Gasteiger partial charge in [0.1, 0.15) is 0 Å². The minimum absolute atomic E-state index is 0.0596. The molecule has 1 aliphatic rings. The lowest BCUT2D eigenvalue weighted by Crippen LogP contribution is -2.52. The van der Waals surface area contributed by atoms with Crippen LogP contribution in [-0.4, -0.2) is 43.0 Å². The molecule has 0 bridgehead atoms. The smallest absolute Gasteiger partial charge is 0.225 e. The Hall–Kier alpha value is -2.15. The zero-order chi connectivity index (χ0) is 20.1. The second-order valence-electron chi connectivity index (χ2n) is 7.43. The zero-order valence-electron chi connectivity index (χ0n) is 16.7. The summed E-state index contributed by atoms with van der Waals surface area (Å²) < 4.78 is 0. The van der Waals surface area contributed by atoms with Crippen molar-refractivity contribution in [2.24, 2.45) is 0 Å². The fourth-order valence-electron chi connectivity index (χ4n) is 4.05. The molecule has 3 heterocycles. The van der Waals surface area contributed by atoms with Crippen molar-refractivity contribution in [3.63, 3.8) is 0 Å². The number of carbonyl (C=O) groups is 1. The van der Waals surface area contributed by atoms with Crippen molar-refractivity contribution in [1.82, 2.24) is 10.2 Å². The molecule has 3 aromatic rings. The predicted octanol–water partition coefficient (Wildman–Crippen LogP) is 4.42. The molecule has 152 valence electrons. The molecule has 2 aromatic heterocycles. The minimum atomic E-state index is 0.0596. The third-order valence-corrected chi connectivity index (χ3v) is 7.26. The van der Waals surface area contributed by atoms with Crippen LogP contribution in [0.15, 0.2) is 65.4 Å². The number of hydrogen-bond acceptors (Lipinski definition) is 5. The topological polar surface area (TPSA) is 35.6 Å². The molecule has 1 fully saturated rings. The number of carbonyl (C=O) groups excluding carboxylic acids is 1. The lowest BCUT2D eigenvalue weighted by atomic mass is 10.0. The molecular formula is C23H27N3OS2. The molecule has 0 unspecified atom stereocenters. The van der Waals surface area contributed by atoms with E-state index in [0.29, 0.717) is 6.42 Å². The van der Waals surface area contributed by atoms with E-state index in [-0.39, 0.29) is 18.0 Å². The average molecular weight is 426 g/mol. The maximum atomic E-state index is 12.6. The summed E-state index contributed by atoms with van der Waals surface area (Å²) in [6.07, 6.45) is 0.459. The Labute approximate surface area is 180 Å². The Bertz CT molecular complexity index is 872. The highest BCUT2D eigenvalue weighted by molar-refractivity contribution is 7.10. The van der Waals surface area contributed by atoms with Gasteiger partial charge >= 0.3 is 0 Å². The van der Waals surface area contributed by atoms with Gasteiger partial charge in [-0.1, -0.05) is 30.3 Å². The van der Waals surface area contributed by atoms with E-state index in [1.807, 2.05) is 17.5 Å². The van der Waals surface area contributed by atoms with Gasteiger partial charge in [-0.3, -0.25) is 9.69 Å². The Morgan fingerprint density at radius 1 is 0.966 bits per heavy atom. The summed E-state index contributed by atoms with van der Waals surface area (Å²) in [5.74, 6) is 0.101. The number of benzene rings is 1. The van der Waals surface area contributed by atoms with Crippen molar-refractivity contribution >= 4 is 34.3 Å². The Morgan fingerprint density at radius 2 is 1.69 bits per heavy atom. The molecule has 29 heavy (non-hydrogen) atoms. The zero-order valence-corrected chi connectivity index (χ0v) is 18.3. The van der Waals surface area contributed by atoms with Gasteiger partial charge in [-0.25, -0.2) is 0 Å². The van der Waals surface area contributed by atoms with Gasteiger partial charge in [-0.15, -0.1) is 22.7 Å². The summed E-state index contributed by atoms with van der Waals surface area (Å²) in [5.41, 5.74) is 1.29. The second-order valence-corrected chi connectivity index (χ2v) is 9.44. The largest absolute Gasteiger partial charge is 0.369 e. The third kappa shape index (κ3) is 5.07. The quantitative estimate of drug-likeness (QED) is 0.609. The molecule has 1 amide bonds. The first-order valence-corrected chi connectivity index (χ1v) is 11.9. The molecule has 0 saturated carbocycles. The van der Waals surface area contributed by atoms with E-state index in [1.165, 1.54) is 10.6 Å². The summed E-state index contributed by atoms with van der Waals surface area (Å²) in [6.45, 7) is 6.12. The minimum Gasteiger partial charge on any atom is -0.369 e. The van der Waals surface area contributed by atoms with E-state index in [1.54, 1.807) is 22.7 Å². The van der Waals surface area contributed by atoms with Crippen LogP contribution in [0.2, 0.25) is 0 Å². The lowest BCUT2D eigenvalue weighted by Gasteiger charge is -2.42. The number of nitrogens with one attached hydrogen (secondary N) is 1. The van der Waals surface area contributed by atoms with Gasteiger partial charge in [-0.2, -0.15) is 0 Å². The van der Waals surface area contributed by atoms with Crippen molar-refractivity contribution in [3.8, 4) is 0 Å². The molecule has 2 atom stereocenters. The summed E-state index contributed by atoms with van der Waals surface area (Å²) in [7, 11) is 0. The first kappa shape index (κ1) is 20.1. The molecular weight excluding hydrogens is 398 g/mol. The summed E-state index contributed by atoms with van der Waals surface area (Å²) in [5, 5.41) is 7.41. The highest BCUT2D eigenvalue weighted by Crippen LogP contribution is 2.30. The van der Waals surface area contributed by atoms with Gasteiger partial charge in [0.25, 0.3) is 0 Å². The monoisotopic (exact) mass is 425 g/mol. The fraction of sp³-hybridized carbons (Fsp3) is 0.348. The number of hydrogen-bond donors (Lipinski definition) is 1. The van der Waals surface area contributed by atoms with E-state index in [2.05, 4.69) is 69.9 Å². The van der Waals surface area contributed by atoms with Crippen molar-refractivity contribution in [2.75, 3.05) is 31.1 Å². The van der Waals surface area contributed by atoms with Crippen molar-refractivity contribution in [2.45, 2.75) is 25.4 Å². The molecule has 1 saturated heterocycles. The van der Waals surface area contributed by atoms with Crippen LogP contribution in [0.25, 0.3) is 0 Å². The van der Waals surface area contributed by atoms with Crippen LogP contribution in [0.4, 0.5) is 5.69 Å². The van der Waals surface area contributed by atoms with Crippen molar-refractivity contribution in [1.29, 1.82) is 0 Å². The molecule has 0 radical (unpaired) electrons. The van der Waals surface area contributed by atoms with Gasteiger partial charge in [0, 0.05) is 47.7 Å². The Morgan fingerprint density at radius 3 is 2.34 bits per heavy atom. The van der Waals surface area contributed by atoms with Crippen LogP contribution >= 0.6 is 22.7 Å². The SMILES string of the molecule is C[C@H](NC(=O)Cc1cccs1)[C@H](c1cccs1)N1CCN(c2ccccc2)CC1. The van der Waals surface area contributed by atoms with E-state index in [0.717, 1.165) is 31.1 Å². The van der Waals surface area contributed by atoms with Crippen LogP contribution < -0.4 is 10.2 Å². The lowest BCUT2D eigenvalue weighted by molar-refractivity contribution is -0.121. The Balaban J connectivity index is 1.42. The molecule has 1 aromatic carbocycles. The number of anilines is 1. The van der Waals surface area contributed by atoms with Crippen LogP contribution in [0, 0.1) is 0 Å². The molecule has 0 spiro atoms. The number of thiophene rings is 2. The van der Waals surface area contributed by atoms with E-state index in [4.69, 9.17) is 0 Å². The summed E-state index contributed by atoms with van der Waals surface area (Å²) >= 11 is 3.41. The van der Waals surface area contributed by atoms with Gasteiger partial charge < -0.3 is 10.2 Å². The van der Waals surface area contributed by atoms with E-state index >= 15 is 0 Å². The normalized spacial score (nSPS) is 17.1. The van der Waals surface area contributed by atoms with E-state index in [9.17, 15) is 4.79 Å². The standard InChI is InChI=1S/C23H27N3OS2/c1-18(24-22(27)17-20-9-5-15-28-20)23(21-10-6-16-29-21)26-13-11-25(12-14-26)19-7-3-2-4-8-19/h2-10,15-16,18,23H,11-14,17H2,1H3,(H,24,27)/t18-,23+/m0/s1. The molecule has 0 aliphatic carbocycles. The number of para-hydroxylation sites is 1. The highest BCUT2D eigenvalue weighted by Gasteiger charge is 2.30. The van der Waals surface area contributed by atoms with Crippen LogP contribution in [0.3, 0.4) is 0 Å². The maximum absolute atomic E-state index is 12.6. The molecule has 4 rings (SSSR count). The van der Waals surface area contributed by atoms with Crippen molar-refractivity contribution in [3.05, 3.63) is 75.1 Å². The number of amides is 1. The summed E-state index contributed by atoms with van der Waals surface area (Å²) in [6, 6.07) is 19.2. The van der Waals surface area contributed by atoms with Crippen LogP contribution in [-0.2, 0) is 11.2 Å². The third-order valence-electron chi connectivity index (χ3n) is 5.44. The van der Waals surface area contributed by atoms with Gasteiger partial charge in [0.15, 0.2) is 0 Å². The first-order chi connectivity index (χ1) is 14.2. The second kappa shape index (κ2) is 9.57. The highest BCUT2D eigenvalue weighted by atomic mass is 32.1. The molecule has 6 heteroatoms. The first-order valence-electron chi connectivity index (χ1n) is 10.1. The molecule has 1 aliphatic heterocycles. The molecule has 1 N–H and O–H groups in total. The van der Waals surface area contributed by atoms with Crippen LogP contribution in [0.5, 0.6) is 0 Å². The van der Waals surface area contributed by atoms with Gasteiger partial charge in [0.05, 0.1) is 12.5 Å². The van der Waals surface area contributed by atoms with Crippen LogP contribution in [0.1, 0.15) is 22.7 Å².